The van der Waals surface area contributed by atoms with Gasteiger partial charge in [0.25, 0.3) is 0 Å². The van der Waals surface area contributed by atoms with Gasteiger partial charge in [-0.2, -0.15) is 0 Å². The number of pyridine rings is 1. The van der Waals surface area contributed by atoms with E-state index in [1.807, 2.05) is 0 Å². The molecule has 13 nitrogen and oxygen atoms in total. The first kappa shape index (κ1) is 23.9. The third-order valence-corrected chi connectivity index (χ3v) is 5.69. The summed E-state index contributed by atoms with van der Waals surface area (Å²) in [7, 11) is -3.20. The van der Waals surface area contributed by atoms with Gasteiger partial charge in [-0.25, -0.2) is 19.1 Å². The highest BCUT2D eigenvalue weighted by Crippen LogP contribution is 2.37. The van der Waals surface area contributed by atoms with Crippen LogP contribution in [0.2, 0.25) is 0 Å². The van der Waals surface area contributed by atoms with Crippen LogP contribution in [0.5, 0.6) is 5.75 Å². The molecule has 2 atom stereocenters. The second-order valence-electron chi connectivity index (χ2n) is 7.49. The van der Waals surface area contributed by atoms with Crippen LogP contribution >= 0.6 is 7.82 Å². The number of aromatic nitrogens is 1. The summed E-state index contributed by atoms with van der Waals surface area (Å²) >= 11 is 0. The standard InChI is InChI=1S/C20H22N3O10P/c1-30-17-6-12(2-4-16(17)22-8-14(10-24)32-19(22)25)13-3-5-18(21-7-13)23-9-15(33-20(23)26)11-31-34(27,28)29/h2-7,14-15,24H,8-11H2,1H3,(H2,27,28,29). The largest absolute Gasteiger partial charge is 0.495 e. The van der Waals surface area contributed by atoms with Crippen molar-refractivity contribution < 1.29 is 47.8 Å². The molecule has 0 radical (unpaired) electrons. The van der Waals surface area contributed by atoms with E-state index >= 15 is 0 Å². The minimum atomic E-state index is -4.67. The van der Waals surface area contributed by atoms with Crippen molar-refractivity contribution in [1.29, 1.82) is 0 Å². The molecule has 0 bridgehead atoms. The third kappa shape index (κ3) is 5.13. The van der Waals surface area contributed by atoms with E-state index in [-0.39, 0.29) is 19.7 Å². The molecule has 3 N–H and O–H groups in total. The monoisotopic (exact) mass is 495 g/mol. The predicted molar refractivity (Wildman–Crippen MR) is 117 cm³/mol. The lowest BCUT2D eigenvalue weighted by Gasteiger charge is -2.18. The Bertz CT molecular complexity index is 1120. The number of phosphoric acid groups is 1. The lowest BCUT2D eigenvalue weighted by molar-refractivity contribution is 0.0880. The van der Waals surface area contributed by atoms with E-state index in [1.165, 1.54) is 16.9 Å². The molecule has 2 unspecified atom stereocenters. The van der Waals surface area contributed by atoms with Gasteiger partial charge in [0, 0.05) is 11.8 Å². The Morgan fingerprint density at radius 2 is 1.74 bits per heavy atom. The molecule has 182 valence electrons. The molecule has 14 heteroatoms. The summed E-state index contributed by atoms with van der Waals surface area (Å²) < 4.78 is 30.8. The second-order valence-corrected chi connectivity index (χ2v) is 8.73. The Balaban J connectivity index is 1.48. The Hall–Kier alpha value is -3.22. The number of nitrogens with zero attached hydrogens (tertiary/aromatic N) is 3. The topological polar surface area (TPSA) is 168 Å². The van der Waals surface area contributed by atoms with Crippen LogP contribution in [0.1, 0.15) is 0 Å². The van der Waals surface area contributed by atoms with Crippen molar-refractivity contribution in [1.82, 2.24) is 4.98 Å². The third-order valence-electron chi connectivity index (χ3n) is 5.21. The van der Waals surface area contributed by atoms with Crippen LogP contribution in [0, 0.1) is 0 Å². The first-order chi connectivity index (χ1) is 16.2. The number of rotatable bonds is 8. The van der Waals surface area contributed by atoms with Crippen molar-refractivity contribution in [2.45, 2.75) is 12.2 Å². The van der Waals surface area contributed by atoms with E-state index in [0.29, 0.717) is 22.8 Å². The zero-order valence-electron chi connectivity index (χ0n) is 17.9. The molecule has 2 aromatic rings. The van der Waals surface area contributed by atoms with Crippen LogP contribution < -0.4 is 14.5 Å². The molecule has 2 amide bonds. The molecule has 0 saturated carbocycles. The van der Waals surface area contributed by atoms with E-state index in [4.69, 9.17) is 24.0 Å². The molecule has 0 aliphatic carbocycles. The minimum Gasteiger partial charge on any atom is -0.495 e. The van der Waals surface area contributed by atoms with Gasteiger partial charge >= 0.3 is 20.0 Å². The SMILES string of the molecule is COc1cc(-c2ccc(N3CC(COP(=O)(O)O)OC3=O)nc2)ccc1N1CC(CO)OC1=O. The molecule has 3 heterocycles. The summed E-state index contributed by atoms with van der Waals surface area (Å²) in [6.45, 7) is -0.495. The van der Waals surface area contributed by atoms with E-state index in [1.54, 1.807) is 36.5 Å². The van der Waals surface area contributed by atoms with Gasteiger partial charge in [0.05, 0.1) is 39.1 Å². The number of cyclic esters (lactones) is 2. The fourth-order valence-electron chi connectivity index (χ4n) is 3.59. The zero-order valence-corrected chi connectivity index (χ0v) is 18.8. The highest BCUT2D eigenvalue weighted by Gasteiger charge is 2.35. The number of methoxy groups -OCH3 is 1. The number of carbonyl (C=O) groups is 2. The van der Waals surface area contributed by atoms with Crippen LogP contribution in [-0.2, 0) is 18.6 Å². The normalized spacial score (nSPS) is 20.5. The number of benzene rings is 1. The Morgan fingerprint density at radius 3 is 2.35 bits per heavy atom. The lowest BCUT2D eigenvalue weighted by atomic mass is 10.1. The maximum atomic E-state index is 12.1. The van der Waals surface area contributed by atoms with Crippen LogP contribution in [-0.4, -0.2) is 77.7 Å². The lowest BCUT2D eigenvalue weighted by Crippen LogP contribution is -2.26. The first-order valence-electron chi connectivity index (χ1n) is 10.1. The number of hydrogen-bond donors (Lipinski definition) is 3. The fourth-order valence-corrected chi connectivity index (χ4v) is 3.95. The zero-order chi connectivity index (χ0) is 24.5. The Morgan fingerprint density at radius 1 is 1.06 bits per heavy atom. The number of aliphatic hydroxyl groups excluding tert-OH is 1. The van der Waals surface area contributed by atoms with Crippen molar-refractivity contribution in [3.8, 4) is 16.9 Å². The molecule has 4 rings (SSSR count). The molecule has 34 heavy (non-hydrogen) atoms. The number of carbonyl (C=O) groups excluding carboxylic acids is 2. The minimum absolute atomic E-state index is 0.0223. The molecule has 2 aliphatic rings. The Labute approximate surface area is 193 Å². The van der Waals surface area contributed by atoms with Gasteiger partial charge < -0.3 is 29.1 Å². The first-order valence-corrected chi connectivity index (χ1v) is 11.6. The van der Waals surface area contributed by atoms with Gasteiger partial charge in [0.15, 0.2) is 0 Å². The summed E-state index contributed by atoms with van der Waals surface area (Å²) in [5.41, 5.74) is 1.95. The molecule has 0 spiro atoms. The van der Waals surface area contributed by atoms with Crippen molar-refractivity contribution in [3.05, 3.63) is 36.5 Å². The highest BCUT2D eigenvalue weighted by molar-refractivity contribution is 7.46. The van der Waals surface area contributed by atoms with Gasteiger partial charge in [0.2, 0.25) is 0 Å². The van der Waals surface area contributed by atoms with Gasteiger partial charge in [0.1, 0.15) is 23.8 Å². The van der Waals surface area contributed by atoms with Gasteiger partial charge in [-0.15, -0.1) is 0 Å². The number of phosphoric ester groups is 1. The van der Waals surface area contributed by atoms with Crippen LogP contribution in [0.4, 0.5) is 21.1 Å². The molecule has 1 aromatic carbocycles. The highest BCUT2D eigenvalue weighted by atomic mass is 31.2. The quantitative estimate of drug-likeness (QED) is 0.454. The molecule has 2 aliphatic heterocycles. The number of hydrogen-bond acceptors (Lipinski definition) is 9. The van der Waals surface area contributed by atoms with Crippen molar-refractivity contribution >= 4 is 31.5 Å². The van der Waals surface area contributed by atoms with Crippen molar-refractivity contribution in [3.63, 3.8) is 0 Å². The van der Waals surface area contributed by atoms with Gasteiger partial charge in [-0.05, 0) is 29.8 Å². The predicted octanol–water partition coefficient (Wildman–Crippen LogP) is 1.51. The van der Waals surface area contributed by atoms with E-state index in [9.17, 15) is 19.3 Å². The van der Waals surface area contributed by atoms with E-state index in [0.717, 1.165) is 5.56 Å². The summed E-state index contributed by atoms with van der Waals surface area (Å²) in [6, 6.07) is 8.54. The second kappa shape index (κ2) is 9.57. The van der Waals surface area contributed by atoms with Gasteiger partial charge in [-0.1, -0.05) is 6.07 Å². The van der Waals surface area contributed by atoms with E-state index in [2.05, 4.69) is 9.51 Å². The van der Waals surface area contributed by atoms with Crippen molar-refractivity contribution in [2.75, 3.05) is 43.2 Å². The number of anilines is 2. The maximum Gasteiger partial charge on any atom is 0.469 e. The van der Waals surface area contributed by atoms with Crippen LogP contribution in [0.25, 0.3) is 11.1 Å². The molecule has 1 aromatic heterocycles. The van der Waals surface area contributed by atoms with Crippen LogP contribution in [0.3, 0.4) is 0 Å². The summed E-state index contributed by atoms with van der Waals surface area (Å²) in [6.07, 6.45) is -1.18. The smallest absolute Gasteiger partial charge is 0.469 e. The number of amides is 2. The fraction of sp³-hybridized carbons (Fsp3) is 0.350. The molecular weight excluding hydrogens is 473 g/mol. The molecular formula is C20H22N3O10P. The maximum absolute atomic E-state index is 12.1. The molecule has 2 saturated heterocycles. The van der Waals surface area contributed by atoms with E-state index < -0.39 is 38.8 Å². The Kier molecular flexibility index (Phi) is 6.73. The average Bonchev–Trinajstić information content (AvgIpc) is 3.38. The molecule has 2 fully saturated rings. The van der Waals surface area contributed by atoms with Crippen LogP contribution in [0.15, 0.2) is 36.5 Å². The van der Waals surface area contributed by atoms with Crippen molar-refractivity contribution in [2.24, 2.45) is 0 Å². The number of aliphatic hydroxyl groups is 1. The summed E-state index contributed by atoms with van der Waals surface area (Å²) in [5.74, 6) is 0.721. The van der Waals surface area contributed by atoms with Gasteiger partial charge in [-0.3, -0.25) is 14.3 Å². The summed E-state index contributed by atoms with van der Waals surface area (Å²) in [4.78, 5) is 48.7. The number of ether oxygens (including phenoxy) is 3. The average molecular weight is 495 g/mol. The summed E-state index contributed by atoms with van der Waals surface area (Å²) in [5, 5.41) is 9.25.